The first-order valence-corrected chi connectivity index (χ1v) is 9.10. The van der Waals surface area contributed by atoms with Gasteiger partial charge in [0.1, 0.15) is 0 Å². The molecule has 0 atom stereocenters. The van der Waals surface area contributed by atoms with Crippen molar-refractivity contribution in [2.45, 2.75) is 50.4 Å². The first kappa shape index (κ1) is 16.6. The maximum Gasteiger partial charge on any atom is 0.226 e. The quantitative estimate of drug-likeness (QED) is 0.580. The number of benzene rings is 1. The van der Waals surface area contributed by atoms with Gasteiger partial charge in [-0.3, -0.25) is 0 Å². The van der Waals surface area contributed by atoms with E-state index in [1.165, 1.54) is 30.2 Å². The van der Waals surface area contributed by atoms with Crippen LogP contribution >= 0.6 is 11.8 Å². The first-order valence-electron chi connectivity index (χ1n) is 8.12. The second-order valence-electron chi connectivity index (χ2n) is 5.38. The molecule has 0 unspecified atom stereocenters. The van der Waals surface area contributed by atoms with E-state index in [2.05, 4.69) is 44.8 Å². The van der Waals surface area contributed by atoms with E-state index in [1.54, 1.807) is 4.68 Å². The average molecular weight is 344 g/mol. The maximum atomic E-state index is 5.51. The van der Waals surface area contributed by atoms with Crippen LogP contribution in [0, 0.1) is 0 Å². The lowest BCUT2D eigenvalue weighted by atomic mass is 10.1. The molecule has 0 saturated carbocycles. The summed E-state index contributed by atoms with van der Waals surface area (Å²) in [6.45, 7) is 4.18. The smallest absolute Gasteiger partial charge is 0.226 e. The highest BCUT2D eigenvalue weighted by atomic mass is 32.2. The van der Waals surface area contributed by atoms with E-state index in [4.69, 9.17) is 4.42 Å². The SMILES string of the molecule is CCCCc1ccc(-n2nnnc2SCc2nnc(CC)o2)cc1. The molecule has 0 aliphatic carbocycles. The van der Waals surface area contributed by atoms with Gasteiger partial charge in [-0.05, 0) is 41.0 Å². The van der Waals surface area contributed by atoms with Crippen molar-refractivity contribution in [1.29, 1.82) is 0 Å². The zero-order chi connectivity index (χ0) is 16.8. The van der Waals surface area contributed by atoms with Gasteiger partial charge < -0.3 is 4.42 Å². The average Bonchev–Trinajstić information content (AvgIpc) is 3.27. The van der Waals surface area contributed by atoms with E-state index < -0.39 is 0 Å². The molecular weight excluding hydrogens is 324 g/mol. The van der Waals surface area contributed by atoms with Gasteiger partial charge in [-0.1, -0.05) is 44.2 Å². The van der Waals surface area contributed by atoms with Crippen molar-refractivity contribution in [2.24, 2.45) is 0 Å². The zero-order valence-corrected chi connectivity index (χ0v) is 14.7. The molecule has 0 fully saturated rings. The molecular formula is C16H20N6OS. The van der Waals surface area contributed by atoms with Crippen LogP contribution in [0.3, 0.4) is 0 Å². The Morgan fingerprint density at radius 1 is 1.04 bits per heavy atom. The van der Waals surface area contributed by atoms with Crippen LogP contribution in [0.5, 0.6) is 0 Å². The molecule has 0 radical (unpaired) electrons. The van der Waals surface area contributed by atoms with Crippen LogP contribution in [-0.2, 0) is 18.6 Å². The minimum atomic E-state index is 0.544. The molecule has 0 aliphatic heterocycles. The van der Waals surface area contributed by atoms with Gasteiger partial charge in [0.15, 0.2) is 0 Å². The number of aromatic nitrogens is 6. The topological polar surface area (TPSA) is 82.5 Å². The Morgan fingerprint density at radius 3 is 2.54 bits per heavy atom. The van der Waals surface area contributed by atoms with Crippen molar-refractivity contribution in [3.05, 3.63) is 41.6 Å². The largest absolute Gasteiger partial charge is 0.424 e. The lowest BCUT2D eigenvalue weighted by Gasteiger charge is -2.05. The van der Waals surface area contributed by atoms with Gasteiger partial charge in [0.2, 0.25) is 16.9 Å². The maximum absolute atomic E-state index is 5.51. The van der Waals surface area contributed by atoms with Gasteiger partial charge in [-0.25, -0.2) is 0 Å². The number of aryl methyl sites for hydroxylation is 2. The van der Waals surface area contributed by atoms with E-state index >= 15 is 0 Å². The predicted octanol–water partition coefficient (Wildman–Crippen LogP) is 3.24. The van der Waals surface area contributed by atoms with Crippen LogP contribution in [0.1, 0.15) is 44.0 Å². The summed E-state index contributed by atoms with van der Waals surface area (Å²) < 4.78 is 7.24. The van der Waals surface area contributed by atoms with Crippen LogP contribution in [0.25, 0.3) is 5.69 Å². The molecule has 24 heavy (non-hydrogen) atoms. The summed E-state index contributed by atoms with van der Waals surface area (Å²) in [5.74, 6) is 1.77. The monoisotopic (exact) mass is 344 g/mol. The summed E-state index contributed by atoms with van der Waals surface area (Å²) in [6, 6.07) is 8.36. The lowest BCUT2D eigenvalue weighted by molar-refractivity contribution is 0.469. The standard InChI is InChI=1S/C16H20N6OS/c1-3-5-6-12-7-9-13(10-8-12)22-16(19-20-21-22)24-11-15-18-17-14(4-2)23-15/h7-10H,3-6,11H2,1-2H3. The fourth-order valence-electron chi connectivity index (χ4n) is 2.23. The highest BCUT2D eigenvalue weighted by molar-refractivity contribution is 7.98. The molecule has 2 heterocycles. The van der Waals surface area contributed by atoms with Gasteiger partial charge in [0.25, 0.3) is 0 Å². The second kappa shape index (κ2) is 8.05. The highest BCUT2D eigenvalue weighted by Crippen LogP contribution is 2.22. The van der Waals surface area contributed by atoms with Gasteiger partial charge in [-0.2, -0.15) is 4.68 Å². The van der Waals surface area contributed by atoms with Crippen LogP contribution in [0.15, 0.2) is 33.8 Å². The third-order valence-electron chi connectivity index (χ3n) is 3.58. The Balaban J connectivity index is 1.68. The molecule has 8 heteroatoms. The molecule has 0 spiro atoms. The van der Waals surface area contributed by atoms with Crippen molar-refractivity contribution in [2.75, 3.05) is 0 Å². The van der Waals surface area contributed by atoms with Crippen molar-refractivity contribution < 1.29 is 4.42 Å². The third-order valence-corrected chi connectivity index (χ3v) is 4.48. The van der Waals surface area contributed by atoms with Crippen molar-refractivity contribution in [3.8, 4) is 5.69 Å². The number of tetrazole rings is 1. The van der Waals surface area contributed by atoms with Crippen LogP contribution in [0.4, 0.5) is 0 Å². The lowest BCUT2D eigenvalue weighted by Crippen LogP contribution is -1.99. The molecule has 7 nitrogen and oxygen atoms in total. The van der Waals surface area contributed by atoms with Gasteiger partial charge in [0, 0.05) is 6.42 Å². The summed E-state index contributed by atoms with van der Waals surface area (Å²) in [6.07, 6.45) is 4.24. The Morgan fingerprint density at radius 2 is 1.83 bits per heavy atom. The summed E-state index contributed by atoms with van der Waals surface area (Å²) in [5.41, 5.74) is 2.28. The minimum Gasteiger partial charge on any atom is -0.424 e. The number of unbranched alkanes of at least 4 members (excludes halogenated alkanes) is 1. The van der Waals surface area contributed by atoms with Crippen molar-refractivity contribution in [1.82, 2.24) is 30.4 Å². The number of rotatable bonds is 8. The van der Waals surface area contributed by atoms with E-state index in [9.17, 15) is 0 Å². The van der Waals surface area contributed by atoms with Crippen molar-refractivity contribution >= 4 is 11.8 Å². The number of hydrogen-bond acceptors (Lipinski definition) is 7. The van der Waals surface area contributed by atoms with Crippen LogP contribution in [0.2, 0.25) is 0 Å². The van der Waals surface area contributed by atoms with E-state index in [-0.39, 0.29) is 0 Å². The molecule has 0 amide bonds. The first-order chi connectivity index (χ1) is 11.8. The molecule has 3 aromatic rings. The van der Waals surface area contributed by atoms with Crippen LogP contribution < -0.4 is 0 Å². The normalized spacial score (nSPS) is 11.1. The third kappa shape index (κ3) is 4.00. The predicted molar refractivity (Wildman–Crippen MR) is 91.0 cm³/mol. The Labute approximate surface area is 144 Å². The van der Waals surface area contributed by atoms with Gasteiger partial charge >= 0.3 is 0 Å². The van der Waals surface area contributed by atoms with E-state index in [0.717, 1.165) is 18.5 Å². The molecule has 0 aliphatic rings. The molecule has 1 aromatic carbocycles. The fourth-order valence-corrected chi connectivity index (χ4v) is 2.96. The molecule has 0 bridgehead atoms. The summed E-state index contributed by atoms with van der Waals surface area (Å²) >= 11 is 1.47. The number of nitrogens with zero attached hydrogens (tertiary/aromatic N) is 6. The Bertz CT molecular complexity index is 767. The van der Waals surface area contributed by atoms with Gasteiger partial charge in [0.05, 0.1) is 11.4 Å². The summed E-state index contributed by atoms with van der Waals surface area (Å²) in [4.78, 5) is 0. The number of hydrogen-bond donors (Lipinski definition) is 0. The zero-order valence-electron chi connectivity index (χ0n) is 13.8. The van der Waals surface area contributed by atoms with Gasteiger partial charge in [-0.15, -0.1) is 15.3 Å². The Kier molecular flexibility index (Phi) is 5.58. The van der Waals surface area contributed by atoms with Crippen LogP contribution in [-0.4, -0.2) is 30.4 Å². The van der Waals surface area contributed by atoms with Crippen molar-refractivity contribution in [3.63, 3.8) is 0 Å². The molecule has 3 rings (SSSR count). The second-order valence-corrected chi connectivity index (χ2v) is 6.32. The summed E-state index contributed by atoms with van der Waals surface area (Å²) in [5, 5.41) is 20.6. The number of thioether (sulfide) groups is 1. The Hall–Kier alpha value is -2.22. The van der Waals surface area contributed by atoms with E-state index in [1.807, 2.05) is 19.1 Å². The molecule has 2 aromatic heterocycles. The molecule has 126 valence electrons. The molecule has 0 N–H and O–H groups in total. The highest BCUT2D eigenvalue weighted by Gasteiger charge is 2.12. The summed E-state index contributed by atoms with van der Waals surface area (Å²) in [7, 11) is 0. The van der Waals surface area contributed by atoms with E-state index in [0.29, 0.717) is 22.7 Å². The fraction of sp³-hybridized carbons (Fsp3) is 0.438. The molecule has 0 saturated heterocycles. The minimum absolute atomic E-state index is 0.544.